The molecule has 29 heavy (non-hydrogen) atoms. The van der Waals surface area contributed by atoms with E-state index in [-0.39, 0.29) is 5.82 Å². The fraction of sp³-hybridized carbons (Fsp3) is 0.217. The number of fused-ring (bicyclic) bond motifs is 1. The van der Waals surface area contributed by atoms with E-state index in [1.807, 2.05) is 18.2 Å². The molecule has 2 aromatic carbocycles. The topological polar surface area (TPSA) is 77.2 Å². The lowest BCUT2D eigenvalue weighted by atomic mass is 10.1. The molecule has 0 bridgehead atoms. The average Bonchev–Trinajstić information content (AvgIpc) is 3.11. The van der Waals surface area contributed by atoms with Crippen LogP contribution in [0.2, 0.25) is 0 Å². The number of aryl methyl sites for hydroxylation is 1. The summed E-state index contributed by atoms with van der Waals surface area (Å²) in [4.78, 5) is 15.2. The number of carbonyl (C=O) groups excluding carboxylic acids is 1. The summed E-state index contributed by atoms with van der Waals surface area (Å²) in [6.07, 6.45) is 4.19. The van der Waals surface area contributed by atoms with E-state index in [1.165, 1.54) is 23.4 Å². The molecule has 0 saturated carbocycles. The Hall–Kier alpha value is -3.25. The van der Waals surface area contributed by atoms with Crippen LogP contribution in [-0.2, 0) is 12.8 Å². The van der Waals surface area contributed by atoms with Crippen LogP contribution in [-0.4, -0.2) is 17.4 Å². The Labute approximate surface area is 168 Å². The molecule has 6 heteroatoms. The van der Waals surface area contributed by atoms with E-state index in [1.54, 1.807) is 24.3 Å². The number of primary amides is 1. The number of benzene rings is 2. The van der Waals surface area contributed by atoms with Crippen molar-refractivity contribution in [2.45, 2.75) is 25.3 Å². The van der Waals surface area contributed by atoms with Crippen LogP contribution in [0.3, 0.4) is 0 Å². The summed E-state index contributed by atoms with van der Waals surface area (Å²) in [5.41, 5.74) is 9.08. The van der Waals surface area contributed by atoms with Crippen LogP contribution in [0.5, 0.6) is 11.6 Å². The molecule has 0 saturated heterocycles. The molecule has 1 amide bonds. The highest BCUT2D eigenvalue weighted by molar-refractivity contribution is 5.92. The number of hydrogen-bond donors (Lipinski definition) is 2. The van der Waals surface area contributed by atoms with Crippen molar-refractivity contribution in [2.24, 2.45) is 5.73 Å². The molecular weight excluding hydrogens is 369 g/mol. The predicted molar refractivity (Wildman–Crippen MR) is 108 cm³/mol. The number of rotatable bonds is 7. The zero-order chi connectivity index (χ0) is 20.2. The molecule has 1 unspecified atom stereocenters. The van der Waals surface area contributed by atoms with Crippen LogP contribution in [0.4, 0.5) is 4.39 Å². The normalized spacial score (nSPS) is 15.1. The van der Waals surface area contributed by atoms with Crippen LogP contribution in [0.15, 0.2) is 60.8 Å². The monoisotopic (exact) mass is 391 g/mol. The Morgan fingerprint density at radius 2 is 2.10 bits per heavy atom. The van der Waals surface area contributed by atoms with Gasteiger partial charge < -0.3 is 15.8 Å². The number of hydrogen-bond acceptors (Lipinski definition) is 4. The van der Waals surface area contributed by atoms with Crippen molar-refractivity contribution in [2.75, 3.05) is 6.54 Å². The van der Waals surface area contributed by atoms with Gasteiger partial charge in [-0.15, -0.1) is 0 Å². The third-order valence-corrected chi connectivity index (χ3v) is 5.13. The van der Waals surface area contributed by atoms with Crippen molar-refractivity contribution < 1.29 is 13.9 Å². The molecule has 3 aromatic rings. The second-order valence-corrected chi connectivity index (χ2v) is 7.14. The summed E-state index contributed by atoms with van der Waals surface area (Å²) in [5, 5.41) is 3.57. The first-order valence-corrected chi connectivity index (χ1v) is 9.63. The second kappa shape index (κ2) is 8.41. The van der Waals surface area contributed by atoms with Crippen LogP contribution < -0.4 is 15.8 Å². The largest absolute Gasteiger partial charge is 0.439 e. The summed E-state index contributed by atoms with van der Waals surface area (Å²) in [6, 6.07) is 16.3. The summed E-state index contributed by atoms with van der Waals surface area (Å²) in [6.45, 7) is 0.794. The molecule has 0 radical (unpaired) electrons. The minimum Gasteiger partial charge on any atom is -0.439 e. The lowest BCUT2D eigenvalue weighted by molar-refractivity contribution is 0.1000. The van der Waals surface area contributed by atoms with Gasteiger partial charge >= 0.3 is 0 Å². The van der Waals surface area contributed by atoms with E-state index >= 15 is 0 Å². The highest BCUT2D eigenvalue weighted by Gasteiger charge is 2.22. The smallest absolute Gasteiger partial charge is 0.250 e. The zero-order valence-electron chi connectivity index (χ0n) is 15.9. The summed E-state index contributed by atoms with van der Waals surface area (Å²) < 4.78 is 19.1. The SMILES string of the molecule is NC(=O)c1ccc(Oc2ccc3c(c2)CCC3NCCc2cccc(F)c2)nc1. The molecule has 3 N–H and O–H groups in total. The first-order valence-electron chi connectivity index (χ1n) is 9.63. The molecular formula is C23H22FN3O2. The van der Waals surface area contributed by atoms with E-state index in [0.717, 1.165) is 31.4 Å². The Kier molecular flexibility index (Phi) is 5.53. The molecule has 148 valence electrons. The van der Waals surface area contributed by atoms with Gasteiger partial charge in [0, 0.05) is 18.3 Å². The quantitative estimate of drug-likeness (QED) is 0.640. The molecule has 0 fully saturated rings. The lowest BCUT2D eigenvalue weighted by Gasteiger charge is -2.14. The molecule has 1 aromatic heterocycles. The average molecular weight is 391 g/mol. The van der Waals surface area contributed by atoms with E-state index < -0.39 is 5.91 Å². The minimum absolute atomic E-state index is 0.194. The van der Waals surface area contributed by atoms with E-state index in [2.05, 4.69) is 16.4 Å². The van der Waals surface area contributed by atoms with Gasteiger partial charge in [0.25, 0.3) is 0 Å². The van der Waals surface area contributed by atoms with Gasteiger partial charge in [-0.25, -0.2) is 9.37 Å². The highest BCUT2D eigenvalue weighted by Crippen LogP contribution is 2.34. The maximum Gasteiger partial charge on any atom is 0.250 e. The number of amides is 1. The summed E-state index contributed by atoms with van der Waals surface area (Å²) in [5.74, 6) is 0.415. The number of nitrogens with zero attached hydrogens (tertiary/aromatic N) is 1. The van der Waals surface area contributed by atoms with Crippen molar-refractivity contribution in [3.63, 3.8) is 0 Å². The minimum atomic E-state index is -0.516. The van der Waals surface area contributed by atoms with Crippen LogP contribution >= 0.6 is 0 Å². The summed E-state index contributed by atoms with van der Waals surface area (Å²) >= 11 is 0. The molecule has 4 rings (SSSR count). The lowest BCUT2D eigenvalue weighted by Crippen LogP contribution is -2.21. The van der Waals surface area contributed by atoms with Gasteiger partial charge in [0.1, 0.15) is 11.6 Å². The Morgan fingerprint density at radius 1 is 1.21 bits per heavy atom. The molecule has 0 aliphatic heterocycles. The van der Waals surface area contributed by atoms with Crippen LogP contribution in [0.1, 0.15) is 39.5 Å². The first kappa shape index (κ1) is 19.1. The maximum atomic E-state index is 13.3. The number of pyridine rings is 1. The van der Waals surface area contributed by atoms with Gasteiger partial charge in [-0.2, -0.15) is 0 Å². The third kappa shape index (κ3) is 4.60. The Bertz CT molecular complexity index is 1020. The van der Waals surface area contributed by atoms with E-state index in [0.29, 0.717) is 23.2 Å². The van der Waals surface area contributed by atoms with Gasteiger partial charge in [-0.05, 0) is 72.8 Å². The van der Waals surface area contributed by atoms with Crippen LogP contribution in [0.25, 0.3) is 0 Å². The molecule has 5 nitrogen and oxygen atoms in total. The molecule has 1 heterocycles. The van der Waals surface area contributed by atoms with Gasteiger partial charge in [0.05, 0.1) is 5.56 Å². The van der Waals surface area contributed by atoms with Gasteiger partial charge in [0.15, 0.2) is 0 Å². The maximum absolute atomic E-state index is 13.3. The number of ether oxygens (including phenoxy) is 1. The van der Waals surface area contributed by atoms with Crippen molar-refractivity contribution in [3.05, 3.63) is 88.9 Å². The number of halogens is 1. The fourth-order valence-corrected chi connectivity index (χ4v) is 3.66. The van der Waals surface area contributed by atoms with E-state index in [9.17, 15) is 9.18 Å². The van der Waals surface area contributed by atoms with Crippen molar-refractivity contribution in [1.82, 2.24) is 10.3 Å². The van der Waals surface area contributed by atoms with Crippen molar-refractivity contribution in [3.8, 4) is 11.6 Å². The number of nitrogens with two attached hydrogens (primary N) is 1. The van der Waals surface area contributed by atoms with Crippen molar-refractivity contribution in [1.29, 1.82) is 0 Å². The Morgan fingerprint density at radius 3 is 2.86 bits per heavy atom. The number of aromatic nitrogens is 1. The molecule has 0 spiro atoms. The van der Waals surface area contributed by atoms with Crippen molar-refractivity contribution >= 4 is 5.91 Å². The predicted octanol–water partition coefficient (Wildman–Crippen LogP) is 3.93. The molecule has 1 aliphatic carbocycles. The van der Waals surface area contributed by atoms with Crippen LogP contribution in [0, 0.1) is 5.82 Å². The first-order chi connectivity index (χ1) is 14.1. The molecule has 1 atom stereocenters. The van der Waals surface area contributed by atoms with Gasteiger partial charge in [-0.1, -0.05) is 18.2 Å². The van der Waals surface area contributed by atoms with E-state index in [4.69, 9.17) is 10.5 Å². The number of carbonyl (C=O) groups is 1. The van der Waals surface area contributed by atoms with Gasteiger partial charge in [-0.3, -0.25) is 4.79 Å². The zero-order valence-corrected chi connectivity index (χ0v) is 15.9. The Balaban J connectivity index is 1.36. The molecule has 1 aliphatic rings. The summed E-state index contributed by atoms with van der Waals surface area (Å²) in [7, 11) is 0. The standard InChI is InChI=1S/C23H22FN3O2/c24-18-3-1-2-15(12-18)10-11-26-21-8-4-16-13-19(6-7-20(16)21)29-22-9-5-17(14-27-22)23(25)28/h1-3,5-7,9,12-14,21,26H,4,8,10-11H2,(H2,25,28). The highest BCUT2D eigenvalue weighted by atomic mass is 19.1. The van der Waals surface area contributed by atoms with Gasteiger partial charge in [0.2, 0.25) is 11.8 Å². The second-order valence-electron chi connectivity index (χ2n) is 7.14. The number of nitrogens with one attached hydrogen (secondary N) is 1. The third-order valence-electron chi connectivity index (χ3n) is 5.13. The fourth-order valence-electron chi connectivity index (χ4n) is 3.66.